The molecule has 0 saturated heterocycles. The summed E-state index contributed by atoms with van der Waals surface area (Å²) in [6.07, 6.45) is -0.0332. The number of carbonyl (C=O) groups is 2. The summed E-state index contributed by atoms with van der Waals surface area (Å²) in [5.41, 5.74) is 0.644. The van der Waals surface area contributed by atoms with Gasteiger partial charge in [-0.3, -0.25) is 9.59 Å². The first-order valence-corrected chi connectivity index (χ1v) is 9.37. The number of halogens is 2. The van der Waals surface area contributed by atoms with Crippen LogP contribution in [0.4, 0.5) is 0 Å². The summed E-state index contributed by atoms with van der Waals surface area (Å²) in [6.45, 7) is 0. The third-order valence-corrected chi connectivity index (χ3v) is 5.94. The molecule has 26 heavy (non-hydrogen) atoms. The third kappa shape index (κ3) is 3.85. The van der Waals surface area contributed by atoms with Gasteiger partial charge in [-0.1, -0.05) is 59.6 Å². The highest BCUT2D eigenvalue weighted by molar-refractivity contribution is 7.21. The zero-order valence-corrected chi connectivity index (χ0v) is 16.1. The standard InChI is InChI=1S/C19H15Cl2NO3S/c1-25-16(23)10-14(11-6-2-4-8-13(11)20)22-19(24)18-17(21)12-7-3-5-9-15(12)26-18/h2-9,14H,10H2,1H3,(H,22,24). The minimum absolute atomic E-state index is 0.0332. The van der Waals surface area contributed by atoms with E-state index in [1.54, 1.807) is 24.3 Å². The molecule has 0 bridgehead atoms. The first-order chi connectivity index (χ1) is 12.5. The first kappa shape index (κ1) is 18.7. The summed E-state index contributed by atoms with van der Waals surface area (Å²) in [7, 11) is 1.30. The maximum Gasteiger partial charge on any atom is 0.307 e. The Bertz CT molecular complexity index is 970. The van der Waals surface area contributed by atoms with Gasteiger partial charge in [0.2, 0.25) is 0 Å². The lowest BCUT2D eigenvalue weighted by Gasteiger charge is -2.19. The molecule has 1 atom stereocenters. The quantitative estimate of drug-likeness (QED) is 0.588. The van der Waals surface area contributed by atoms with Crippen LogP contribution < -0.4 is 5.32 Å². The highest BCUT2D eigenvalue weighted by Gasteiger charge is 2.24. The van der Waals surface area contributed by atoms with E-state index in [4.69, 9.17) is 27.9 Å². The van der Waals surface area contributed by atoms with E-state index in [1.165, 1.54) is 18.4 Å². The molecule has 4 nitrogen and oxygen atoms in total. The number of amides is 1. The van der Waals surface area contributed by atoms with Crippen molar-refractivity contribution in [2.24, 2.45) is 0 Å². The van der Waals surface area contributed by atoms with Crippen molar-refractivity contribution < 1.29 is 14.3 Å². The number of ether oxygens (including phenoxy) is 1. The van der Waals surface area contributed by atoms with Crippen LogP contribution in [0.5, 0.6) is 0 Å². The lowest BCUT2D eigenvalue weighted by atomic mass is 10.0. The lowest BCUT2D eigenvalue weighted by Crippen LogP contribution is -2.30. The van der Waals surface area contributed by atoms with Gasteiger partial charge in [0, 0.05) is 15.1 Å². The van der Waals surface area contributed by atoms with Crippen LogP contribution in [0.3, 0.4) is 0 Å². The van der Waals surface area contributed by atoms with Crippen LogP contribution in [0.1, 0.15) is 27.7 Å². The predicted molar refractivity (Wildman–Crippen MR) is 105 cm³/mol. The number of benzene rings is 2. The van der Waals surface area contributed by atoms with E-state index >= 15 is 0 Å². The number of hydrogen-bond donors (Lipinski definition) is 1. The topological polar surface area (TPSA) is 55.4 Å². The molecule has 0 spiro atoms. The van der Waals surface area contributed by atoms with E-state index in [9.17, 15) is 9.59 Å². The Morgan fingerprint density at radius 3 is 2.50 bits per heavy atom. The zero-order chi connectivity index (χ0) is 18.7. The van der Waals surface area contributed by atoms with Crippen LogP contribution in [-0.2, 0) is 9.53 Å². The highest BCUT2D eigenvalue weighted by Crippen LogP contribution is 2.35. The van der Waals surface area contributed by atoms with E-state index in [-0.39, 0.29) is 12.3 Å². The minimum Gasteiger partial charge on any atom is -0.469 e. The second-order valence-corrected chi connectivity index (χ2v) is 7.41. The summed E-state index contributed by atoms with van der Waals surface area (Å²) in [5.74, 6) is -0.803. The molecule has 0 radical (unpaired) electrons. The lowest BCUT2D eigenvalue weighted by molar-refractivity contribution is -0.141. The number of carbonyl (C=O) groups excluding carboxylic acids is 2. The van der Waals surface area contributed by atoms with Crippen molar-refractivity contribution in [3.05, 3.63) is 69.0 Å². The van der Waals surface area contributed by atoms with Crippen molar-refractivity contribution in [1.82, 2.24) is 5.32 Å². The van der Waals surface area contributed by atoms with Crippen LogP contribution in [0.2, 0.25) is 10.0 Å². The molecule has 0 aliphatic carbocycles. The Morgan fingerprint density at radius 1 is 1.12 bits per heavy atom. The van der Waals surface area contributed by atoms with Crippen molar-refractivity contribution in [3.63, 3.8) is 0 Å². The maximum atomic E-state index is 12.8. The molecular formula is C19H15Cl2NO3S. The number of fused-ring (bicyclic) bond motifs is 1. The molecule has 3 aromatic rings. The largest absolute Gasteiger partial charge is 0.469 e. The van der Waals surface area contributed by atoms with Gasteiger partial charge in [0.1, 0.15) is 4.88 Å². The van der Waals surface area contributed by atoms with Gasteiger partial charge >= 0.3 is 5.97 Å². The van der Waals surface area contributed by atoms with Gasteiger partial charge in [-0.25, -0.2) is 0 Å². The SMILES string of the molecule is COC(=O)CC(NC(=O)c1sc2ccccc2c1Cl)c1ccccc1Cl. The number of thiophene rings is 1. The minimum atomic E-state index is -0.620. The van der Waals surface area contributed by atoms with E-state index in [0.29, 0.717) is 20.5 Å². The van der Waals surface area contributed by atoms with Gasteiger partial charge < -0.3 is 10.1 Å². The fourth-order valence-corrected chi connectivity index (χ4v) is 4.32. The smallest absolute Gasteiger partial charge is 0.307 e. The molecule has 0 saturated carbocycles. The van der Waals surface area contributed by atoms with Crippen molar-refractivity contribution in [3.8, 4) is 0 Å². The van der Waals surface area contributed by atoms with Crippen LogP contribution in [0.15, 0.2) is 48.5 Å². The van der Waals surface area contributed by atoms with Crippen LogP contribution in [0, 0.1) is 0 Å². The Labute approximate surface area is 164 Å². The van der Waals surface area contributed by atoms with Crippen molar-refractivity contribution in [1.29, 1.82) is 0 Å². The number of hydrogen-bond acceptors (Lipinski definition) is 4. The van der Waals surface area contributed by atoms with Crippen molar-refractivity contribution in [2.75, 3.05) is 7.11 Å². The number of methoxy groups -OCH3 is 1. The van der Waals surface area contributed by atoms with Gasteiger partial charge in [-0.05, 0) is 17.7 Å². The van der Waals surface area contributed by atoms with Crippen LogP contribution >= 0.6 is 34.5 Å². The van der Waals surface area contributed by atoms with E-state index in [0.717, 1.165) is 10.1 Å². The van der Waals surface area contributed by atoms with E-state index in [1.807, 2.05) is 24.3 Å². The molecule has 0 fully saturated rings. The number of rotatable bonds is 5. The average molecular weight is 408 g/mol. The van der Waals surface area contributed by atoms with Crippen molar-refractivity contribution in [2.45, 2.75) is 12.5 Å². The molecular weight excluding hydrogens is 393 g/mol. The maximum absolute atomic E-state index is 12.8. The Hall–Kier alpha value is -2.08. The molecule has 2 aromatic carbocycles. The molecule has 1 N–H and O–H groups in total. The molecule has 1 unspecified atom stereocenters. The van der Waals surface area contributed by atoms with Gasteiger partial charge in [-0.15, -0.1) is 11.3 Å². The molecule has 1 heterocycles. The molecule has 3 rings (SSSR count). The monoisotopic (exact) mass is 407 g/mol. The van der Waals surface area contributed by atoms with Gasteiger partial charge in [0.25, 0.3) is 5.91 Å². The van der Waals surface area contributed by atoms with Gasteiger partial charge in [0.15, 0.2) is 0 Å². The predicted octanol–water partition coefficient (Wildman–Crippen LogP) is 5.24. The molecule has 7 heteroatoms. The van der Waals surface area contributed by atoms with E-state index in [2.05, 4.69) is 5.32 Å². The third-order valence-electron chi connectivity index (χ3n) is 3.93. The molecule has 0 aliphatic rings. The fraction of sp³-hybridized carbons (Fsp3) is 0.158. The van der Waals surface area contributed by atoms with Crippen LogP contribution in [-0.4, -0.2) is 19.0 Å². The van der Waals surface area contributed by atoms with E-state index < -0.39 is 12.0 Å². The summed E-state index contributed by atoms with van der Waals surface area (Å²) in [4.78, 5) is 25.0. The summed E-state index contributed by atoms with van der Waals surface area (Å²) >= 11 is 13.9. The fourth-order valence-electron chi connectivity index (χ4n) is 2.63. The zero-order valence-electron chi connectivity index (χ0n) is 13.8. The summed E-state index contributed by atoms with van der Waals surface area (Å²) < 4.78 is 5.67. The first-order valence-electron chi connectivity index (χ1n) is 7.80. The summed E-state index contributed by atoms with van der Waals surface area (Å²) in [6, 6.07) is 14.0. The molecule has 1 aromatic heterocycles. The number of esters is 1. The normalized spacial score (nSPS) is 12.0. The van der Waals surface area contributed by atoms with Gasteiger partial charge in [-0.2, -0.15) is 0 Å². The second-order valence-electron chi connectivity index (χ2n) is 5.57. The Kier molecular flexibility index (Phi) is 5.81. The molecule has 0 aliphatic heterocycles. The highest BCUT2D eigenvalue weighted by atomic mass is 35.5. The average Bonchev–Trinajstić information content (AvgIpc) is 2.98. The summed E-state index contributed by atoms with van der Waals surface area (Å²) in [5, 5.41) is 4.55. The second kappa shape index (κ2) is 8.08. The molecule has 134 valence electrons. The van der Waals surface area contributed by atoms with Crippen LogP contribution in [0.25, 0.3) is 10.1 Å². The molecule has 1 amide bonds. The Balaban J connectivity index is 1.92. The van der Waals surface area contributed by atoms with Crippen molar-refractivity contribution >= 4 is 56.5 Å². The van der Waals surface area contributed by atoms with Gasteiger partial charge in [0.05, 0.1) is 24.6 Å². The Morgan fingerprint density at radius 2 is 1.81 bits per heavy atom. The number of nitrogens with one attached hydrogen (secondary N) is 1.